The number of carbonyl (C=O) groups is 1. The minimum absolute atomic E-state index is 0.0849. The van der Waals surface area contributed by atoms with Gasteiger partial charge in [-0.25, -0.2) is 9.97 Å². The third kappa shape index (κ3) is 2.79. The standard InChI is InChI=1S/C20H23N5O3/c1-27-14-8-23-19(24-9-14)25-11-16-15(17-4-5-20(16,12-25)28-17)10-22-18(26)13-3-2-6-21-7-13/h2-3,6-9,15-17H,4-5,10-12H2,1H3,(H,22,26)/t15-,16+,17+,20+/m0/s1. The molecular formula is C20H23N5O3. The second-order valence-electron chi connectivity index (χ2n) is 7.79. The molecule has 0 aromatic carbocycles. The van der Waals surface area contributed by atoms with E-state index in [2.05, 4.69) is 25.2 Å². The number of pyridine rings is 1. The van der Waals surface area contributed by atoms with Crippen LogP contribution in [0.2, 0.25) is 0 Å². The number of carbonyl (C=O) groups excluding carboxylic acids is 1. The predicted molar refractivity (Wildman–Crippen MR) is 101 cm³/mol. The lowest BCUT2D eigenvalue weighted by molar-refractivity contribution is 0.0141. The Balaban J connectivity index is 1.28. The smallest absolute Gasteiger partial charge is 0.252 e. The molecule has 2 aromatic rings. The topological polar surface area (TPSA) is 89.5 Å². The number of nitrogens with one attached hydrogen (secondary N) is 1. The fourth-order valence-electron chi connectivity index (χ4n) is 5.00. The maximum Gasteiger partial charge on any atom is 0.252 e. The minimum atomic E-state index is -0.141. The summed E-state index contributed by atoms with van der Waals surface area (Å²) in [6.45, 7) is 2.26. The van der Waals surface area contributed by atoms with Gasteiger partial charge in [-0.1, -0.05) is 0 Å². The Labute approximate surface area is 163 Å². The van der Waals surface area contributed by atoms with Crippen LogP contribution < -0.4 is 15.0 Å². The molecule has 0 unspecified atom stereocenters. The lowest BCUT2D eigenvalue weighted by atomic mass is 9.73. The Morgan fingerprint density at radius 1 is 1.39 bits per heavy atom. The van der Waals surface area contributed by atoms with Crippen molar-refractivity contribution in [2.24, 2.45) is 11.8 Å². The van der Waals surface area contributed by atoms with Crippen LogP contribution in [-0.2, 0) is 4.74 Å². The molecule has 3 aliphatic rings. The zero-order valence-corrected chi connectivity index (χ0v) is 15.7. The molecule has 3 saturated heterocycles. The number of anilines is 1. The number of hydrogen-bond acceptors (Lipinski definition) is 7. The lowest BCUT2D eigenvalue weighted by Crippen LogP contribution is -2.41. The van der Waals surface area contributed by atoms with Crippen LogP contribution in [-0.4, -0.2) is 59.3 Å². The van der Waals surface area contributed by atoms with Gasteiger partial charge in [-0.3, -0.25) is 9.78 Å². The van der Waals surface area contributed by atoms with Crippen molar-refractivity contribution in [3.05, 3.63) is 42.5 Å². The van der Waals surface area contributed by atoms with Crippen molar-refractivity contribution in [1.29, 1.82) is 0 Å². The average molecular weight is 381 g/mol. The average Bonchev–Trinajstić information content (AvgIpc) is 3.41. The van der Waals surface area contributed by atoms with E-state index in [-0.39, 0.29) is 17.6 Å². The Morgan fingerprint density at radius 3 is 3.00 bits per heavy atom. The zero-order valence-electron chi connectivity index (χ0n) is 15.7. The number of ether oxygens (including phenoxy) is 2. The molecule has 5 rings (SSSR count). The third-order valence-electron chi connectivity index (χ3n) is 6.34. The first kappa shape index (κ1) is 17.4. The number of nitrogens with zero attached hydrogens (tertiary/aromatic N) is 4. The first-order chi connectivity index (χ1) is 13.7. The van der Waals surface area contributed by atoms with Gasteiger partial charge in [0.2, 0.25) is 5.95 Å². The van der Waals surface area contributed by atoms with Crippen molar-refractivity contribution in [3.8, 4) is 5.75 Å². The molecule has 0 aliphatic carbocycles. The number of rotatable bonds is 5. The second-order valence-corrected chi connectivity index (χ2v) is 7.79. The van der Waals surface area contributed by atoms with Gasteiger partial charge in [-0.2, -0.15) is 0 Å². The van der Waals surface area contributed by atoms with E-state index in [1.54, 1.807) is 44.0 Å². The van der Waals surface area contributed by atoms with Crippen LogP contribution in [0.4, 0.5) is 5.95 Å². The van der Waals surface area contributed by atoms with E-state index in [0.717, 1.165) is 25.9 Å². The second kappa shape index (κ2) is 6.70. The molecule has 1 N–H and O–H groups in total. The van der Waals surface area contributed by atoms with Gasteiger partial charge in [-0.15, -0.1) is 0 Å². The Hall–Kier alpha value is -2.74. The summed E-state index contributed by atoms with van der Waals surface area (Å²) in [5.41, 5.74) is 0.443. The highest BCUT2D eigenvalue weighted by atomic mass is 16.5. The Bertz CT molecular complexity index is 862. The normalized spacial score (nSPS) is 30.3. The highest BCUT2D eigenvalue weighted by molar-refractivity contribution is 5.93. The first-order valence-corrected chi connectivity index (χ1v) is 9.65. The third-order valence-corrected chi connectivity index (χ3v) is 6.34. The Kier molecular flexibility index (Phi) is 4.16. The molecule has 8 nitrogen and oxygen atoms in total. The Morgan fingerprint density at radius 2 is 2.25 bits per heavy atom. The molecule has 146 valence electrons. The van der Waals surface area contributed by atoms with E-state index in [9.17, 15) is 4.79 Å². The molecular weight excluding hydrogens is 358 g/mol. The first-order valence-electron chi connectivity index (χ1n) is 9.65. The van der Waals surface area contributed by atoms with Crippen molar-refractivity contribution >= 4 is 11.9 Å². The summed E-state index contributed by atoms with van der Waals surface area (Å²) in [5.74, 6) is 1.94. The van der Waals surface area contributed by atoms with Gasteiger partial charge >= 0.3 is 0 Å². The number of hydrogen-bond donors (Lipinski definition) is 1. The molecule has 2 aromatic heterocycles. The predicted octanol–water partition coefficient (Wildman–Crippen LogP) is 1.29. The maximum atomic E-state index is 12.4. The number of methoxy groups -OCH3 is 1. The van der Waals surface area contributed by atoms with Crippen LogP contribution in [0.3, 0.4) is 0 Å². The number of fused-ring (bicyclic) bond motifs is 1. The maximum absolute atomic E-state index is 12.4. The van der Waals surface area contributed by atoms with Crippen molar-refractivity contribution < 1.29 is 14.3 Å². The van der Waals surface area contributed by atoms with Crippen molar-refractivity contribution in [2.75, 3.05) is 31.6 Å². The fourth-order valence-corrected chi connectivity index (χ4v) is 5.00. The van der Waals surface area contributed by atoms with E-state index < -0.39 is 0 Å². The summed E-state index contributed by atoms with van der Waals surface area (Å²) < 4.78 is 11.6. The molecule has 8 heteroatoms. The van der Waals surface area contributed by atoms with Crippen LogP contribution in [0.15, 0.2) is 36.9 Å². The van der Waals surface area contributed by atoms with E-state index in [1.165, 1.54) is 0 Å². The van der Waals surface area contributed by atoms with Crippen LogP contribution in [0.5, 0.6) is 5.75 Å². The molecule has 1 amide bonds. The van der Waals surface area contributed by atoms with Gasteiger partial charge in [0.1, 0.15) is 0 Å². The molecule has 0 saturated carbocycles. The van der Waals surface area contributed by atoms with Crippen LogP contribution >= 0.6 is 0 Å². The minimum Gasteiger partial charge on any atom is -0.494 e. The summed E-state index contributed by atoms with van der Waals surface area (Å²) in [4.78, 5) is 27.5. The summed E-state index contributed by atoms with van der Waals surface area (Å²) >= 11 is 0. The van der Waals surface area contributed by atoms with Crippen molar-refractivity contribution in [1.82, 2.24) is 20.3 Å². The van der Waals surface area contributed by atoms with Gasteiger partial charge in [0.15, 0.2) is 5.75 Å². The van der Waals surface area contributed by atoms with E-state index >= 15 is 0 Å². The summed E-state index contributed by atoms with van der Waals surface area (Å²) in [5, 5.41) is 3.08. The summed E-state index contributed by atoms with van der Waals surface area (Å²) in [6.07, 6.45) is 8.96. The van der Waals surface area contributed by atoms with E-state index in [4.69, 9.17) is 9.47 Å². The molecule has 3 fully saturated rings. The van der Waals surface area contributed by atoms with Gasteiger partial charge in [0.25, 0.3) is 5.91 Å². The molecule has 4 atom stereocenters. The van der Waals surface area contributed by atoms with E-state index in [0.29, 0.717) is 35.6 Å². The monoisotopic (exact) mass is 381 g/mol. The van der Waals surface area contributed by atoms with Crippen LogP contribution in [0.25, 0.3) is 0 Å². The van der Waals surface area contributed by atoms with Gasteiger partial charge in [0, 0.05) is 37.3 Å². The SMILES string of the molecule is COc1cnc(N2C[C@@H]3[C@H](CNC(=O)c4cccnc4)[C@H]4CC[C@]3(C2)O4)nc1. The lowest BCUT2D eigenvalue weighted by Gasteiger charge is -2.29. The van der Waals surface area contributed by atoms with Crippen LogP contribution in [0, 0.1) is 11.8 Å². The molecule has 1 spiro atoms. The number of aromatic nitrogens is 3. The zero-order chi connectivity index (χ0) is 19.1. The molecule has 5 heterocycles. The quantitative estimate of drug-likeness (QED) is 0.835. The summed E-state index contributed by atoms with van der Waals surface area (Å²) in [6, 6.07) is 3.55. The van der Waals surface area contributed by atoms with Gasteiger partial charge in [-0.05, 0) is 25.0 Å². The van der Waals surface area contributed by atoms with Gasteiger partial charge in [0.05, 0.1) is 43.3 Å². The fraction of sp³-hybridized carbons (Fsp3) is 0.500. The highest BCUT2D eigenvalue weighted by Crippen LogP contribution is 2.54. The van der Waals surface area contributed by atoms with Crippen molar-refractivity contribution in [3.63, 3.8) is 0 Å². The highest BCUT2D eigenvalue weighted by Gasteiger charge is 2.63. The molecule has 3 aliphatic heterocycles. The van der Waals surface area contributed by atoms with E-state index in [1.807, 2.05) is 0 Å². The van der Waals surface area contributed by atoms with Gasteiger partial charge < -0.3 is 19.7 Å². The largest absolute Gasteiger partial charge is 0.494 e. The molecule has 2 bridgehead atoms. The molecule has 28 heavy (non-hydrogen) atoms. The summed E-state index contributed by atoms with van der Waals surface area (Å²) in [7, 11) is 1.61. The molecule has 0 radical (unpaired) electrons. The van der Waals surface area contributed by atoms with Crippen molar-refractivity contribution in [2.45, 2.75) is 24.5 Å². The number of amides is 1. The van der Waals surface area contributed by atoms with Crippen LogP contribution in [0.1, 0.15) is 23.2 Å².